The Balaban J connectivity index is 3.12. The van der Waals surface area contributed by atoms with Crippen LogP contribution in [0.25, 0.3) is 0 Å². The summed E-state index contributed by atoms with van der Waals surface area (Å²) in [5.41, 5.74) is -2.93. The van der Waals surface area contributed by atoms with Crippen molar-refractivity contribution in [3.8, 4) is 0 Å². The molecule has 0 amide bonds. The molecule has 0 aliphatic carbocycles. The summed E-state index contributed by atoms with van der Waals surface area (Å²) in [6.45, 7) is 2.27. The van der Waals surface area contributed by atoms with Crippen molar-refractivity contribution in [2.75, 3.05) is 6.54 Å². The molecule has 1 saturated heterocycles. The van der Waals surface area contributed by atoms with Crippen LogP contribution in [-0.4, -0.2) is 35.2 Å². The number of hydrogen-bond donors (Lipinski definition) is 2. The van der Waals surface area contributed by atoms with Gasteiger partial charge in [-0.3, -0.25) is 9.59 Å². The molecule has 1 rings (SSSR count). The summed E-state index contributed by atoms with van der Waals surface area (Å²) in [7, 11) is 0. The first-order valence-corrected chi connectivity index (χ1v) is 5.11. The summed E-state index contributed by atoms with van der Waals surface area (Å²) >= 11 is 0. The van der Waals surface area contributed by atoms with Gasteiger partial charge in [0.05, 0.1) is 5.41 Å². The van der Waals surface area contributed by atoms with E-state index < -0.39 is 35.8 Å². The van der Waals surface area contributed by atoms with Crippen molar-refractivity contribution in [1.82, 2.24) is 5.32 Å². The van der Waals surface area contributed by atoms with Crippen molar-refractivity contribution >= 4 is 11.9 Å². The maximum atomic E-state index is 12.0. The van der Waals surface area contributed by atoms with Gasteiger partial charge in [-0.25, -0.2) is 0 Å². The predicted octanol–water partition coefficient (Wildman–Crippen LogP) is 0.781. The molecule has 0 saturated carbocycles. The summed E-state index contributed by atoms with van der Waals surface area (Å²) in [5, 5.41) is 12.0. The van der Waals surface area contributed by atoms with Gasteiger partial charge in [0, 0.05) is 4.11 Å². The van der Waals surface area contributed by atoms with Crippen molar-refractivity contribution in [2.24, 2.45) is 5.41 Å². The Labute approximate surface area is 99.4 Å². The summed E-state index contributed by atoms with van der Waals surface area (Å²) in [5.74, 6) is -2.35. The zero-order valence-electron chi connectivity index (χ0n) is 12.7. The number of carboxylic acid groups (broad SMARTS) is 1. The summed E-state index contributed by atoms with van der Waals surface area (Å²) in [6, 6.07) is -1.36. The Morgan fingerprint density at radius 1 is 1.56 bits per heavy atom. The maximum absolute atomic E-state index is 12.0. The molecule has 16 heavy (non-hydrogen) atoms. The van der Waals surface area contributed by atoms with Crippen LogP contribution >= 0.6 is 0 Å². The molecule has 0 aromatic rings. The SMILES string of the molecule is [2H]C([2H])([2H])C1(C(=O)O)CCNC1C(=O)OC(C)(C)C. The van der Waals surface area contributed by atoms with E-state index in [2.05, 4.69) is 5.32 Å². The molecule has 92 valence electrons. The van der Waals surface area contributed by atoms with Crippen molar-refractivity contribution in [3.05, 3.63) is 0 Å². The highest BCUT2D eigenvalue weighted by Gasteiger charge is 2.50. The van der Waals surface area contributed by atoms with E-state index in [1.165, 1.54) is 0 Å². The van der Waals surface area contributed by atoms with Crippen LogP contribution in [0.15, 0.2) is 0 Å². The molecule has 2 atom stereocenters. The number of rotatable bonds is 2. The van der Waals surface area contributed by atoms with E-state index in [-0.39, 0.29) is 13.0 Å². The lowest BCUT2D eigenvalue weighted by Crippen LogP contribution is -2.48. The highest BCUT2D eigenvalue weighted by molar-refractivity contribution is 5.87. The average molecular weight is 232 g/mol. The molecule has 0 aromatic carbocycles. The lowest BCUT2D eigenvalue weighted by Gasteiger charge is -2.28. The van der Waals surface area contributed by atoms with Gasteiger partial charge in [0.15, 0.2) is 0 Å². The maximum Gasteiger partial charge on any atom is 0.324 e. The third-order valence-electron chi connectivity index (χ3n) is 2.38. The number of carbonyl (C=O) groups excluding carboxylic acids is 1. The van der Waals surface area contributed by atoms with Gasteiger partial charge in [0.2, 0.25) is 0 Å². The Morgan fingerprint density at radius 2 is 2.19 bits per heavy atom. The highest BCUT2D eigenvalue weighted by Crippen LogP contribution is 2.32. The first-order chi connectivity index (χ1) is 8.42. The standard InChI is InChI=1S/C11H19NO4/c1-10(2,3)16-8(13)7-11(4,9(14)15)5-6-12-7/h7,12H,5-6H2,1-4H3,(H,14,15)/i4D3. The lowest BCUT2D eigenvalue weighted by molar-refractivity contribution is -0.166. The van der Waals surface area contributed by atoms with Gasteiger partial charge in [0.1, 0.15) is 11.6 Å². The van der Waals surface area contributed by atoms with E-state index in [4.69, 9.17) is 8.85 Å². The molecule has 2 unspecified atom stereocenters. The Bertz CT molecular complexity index is 388. The van der Waals surface area contributed by atoms with Crippen LogP contribution in [0.4, 0.5) is 0 Å². The van der Waals surface area contributed by atoms with E-state index in [0.717, 1.165) is 0 Å². The van der Waals surface area contributed by atoms with Crippen LogP contribution in [0.1, 0.15) is 38.2 Å². The van der Waals surface area contributed by atoms with E-state index in [1.807, 2.05) is 0 Å². The molecule has 1 aliphatic heterocycles. The number of carbonyl (C=O) groups is 2. The van der Waals surface area contributed by atoms with Gasteiger partial charge in [-0.1, -0.05) is 0 Å². The second kappa shape index (κ2) is 4.05. The van der Waals surface area contributed by atoms with Crippen molar-refractivity contribution in [2.45, 2.75) is 45.7 Å². The zero-order valence-corrected chi connectivity index (χ0v) is 9.66. The molecular formula is C11H19NO4. The monoisotopic (exact) mass is 232 g/mol. The van der Waals surface area contributed by atoms with Crippen LogP contribution in [0.3, 0.4) is 0 Å². The molecule has 0 bridgehead atoms. The molecule has 1 aliphatic rings. The Kier molecular flexibility index (Phi) is 2.27. The van der Waals surface area contributed by atoms with Crippen LogP contribution in [-0.2, 0) is 14.3 Å². The third-order valence-corrected chi connectivity index (χ3v) is 2.38. The molecule has 2 N–H and O–H groups in total. The van der Waals surface area contributed by atoms with Gasteiger partial charge in [0.25, 0.3) is 0 Å². The molecule has 5 nitrogen and oxygen atoms in total. The minimum Gasteiger partial charge on any atom is -0.481 e. The minimum atomic E-state index is -2.79. The molecule has 1 fully saturated rings. The van der Waals surface area contributed by atoms with E-state index >= 15 is 0 Å². The number of ether oxygens (including phenoxy) is 1. The third kappa shape index (κ3) is 2.52. The zero-order chi connectivity index (χ0) is 15.1. The normalized spacial score (nSPS) is 33.7. The summed E-state index contributed by atoms with van der Waals surface area (Å²) in [6.07, 6.45) is -0.136. The first kappa shape index (κ1) is 8.98. The van der Waals surface area contributed by atoms with Crippen LogP contribution in [0.2, 0.25) is 0 Å². The average Bonchev–Trinajstić information content (AvgIpc) is 2.57. The van der Waals surface area contributed by atoms with Gasteiger partial charge < -0.3 is 15.2 Å². The predicted molar refractivity (Wildman–Crippen MR) is 58.0 cm³/mol. The Morgan fingerprint density at radius 3 is 2.62 bits per heavy atom. The lowest BCUT2D eigenvalue weighted by atomic mass is 9.82. The largest absolute Gasteiger partial charge is 0.481 e. The first-order valence-electron chi connectivity index (χ1n) is 6.61. The number of nitrogens with one attached hydrogen (secondary N) is 1. The van der Waals surface area contributed by atoms with E-state index in [9.17, 15) is 14.7 Å². The van der Waals surface area contributed by atoms with Crippen molar-refractivity contribution < 1.29 is 23.5 Å². The van der Waals surface area contributed by atoms with Gasteiger partial charge >= 0.3 is 11.9 Å². The molecule has 0 radical (unpaired) electrons. The number of esters is 1. The minimum absolute atomic E-state index is 0.136. The van der Waals surface area contributed by atoms with Gasteiger partial charge in [-0.15, -0.1) is 0 Å². The number of carboxylic acids is 1. The van der Waals surface area contributed by atoms with Crippen LogP contribution in [0, 0.1) is 5.41 Å². The topological polar surface area (TPSA) is 75.6 Å². The van der Waals surface area contributed by atoms with Crippen LogP contribution in [0.5, 0.6) is 0 Å². The van der Waals surface area contributed by atoms with Gasteiger partial charge in [-0.05, 0) is 40.6 Å². The van der Waals surface area contributed by atoms with Gasteiger partial charge in [-0.2, -0.15) is 0 Å². The number of aliphatic carboxylic acids is 1. The fourth-order valence-corrected chi connectivity index (χ4v) is 1.61. The fraction of sp³-hybridized carbons (Fsp3) is 0.818. The second-order valence-electron chi connectivity index (χ2n) is 4.95. The van der Waals surface area contributed by atoms with Crippen LogP contribution < -0.4 is 5.32 Å². The second-order valence-corrected chi connectivity index (χ2v) is 4.95. The smallest absolute Gasteiger partial charge is 0.324 e. The van der Waals surface area contributed by atoms with E-state index in [1.54, 1.807) is 20.8 Å². The highest BCUT2D eigenvalue weighted by atomic mass is 16.6. The fourth-order valence-electron chi connectivity index (χ4n) is 1.61. The quantitative estimate of drug-likeness (QED) is 0.688. The van der Waals surface area contributed by atoms with E-state index in [0.29, 0.717) is 0 Å². The van der Waals surface area contributed by atoms with Crippen molar-refractivity contribution in [1.29, 1.82) is 0 Å². The molecule has 1 heterocycles. The van der Waals surface area contributed by atoms with Crippen molar-refractivity contribution in [3.63, 3.8) is 0 Å². The summed E-state index contributed by atoms with van der Waals surface area (Å²) in [4.78, 5) is 23.5. The molecule has 0 spiro atoms. The Hall–Kier alpha value is -1.10. The number of hydrogen-bond acceptors (Lipinski definition) is 4. The molecule has 5 heteroatoms. The summed E-state index contributed by atoms with van der Waals surface area (Å²) < 4.78 is 27.5. The molecular weight excluding hydrogens is 210 g/mol. The molecule has 0 aromatic heterocycles.